The predicted molar refractivity (Wildman–Crippen MR) is 74.3 cm³/mol. The van der Waals surface area contributed by atoms with Gasteiger partial charge in [0.15, 0.2) is 0 Å². The predicted octanol–water partition coefficient (Wildman–Crippen LogP) is 2.44. The van der Waals surface area contributed by atoms with Gasteiger partial charge in [-0.05, 0) is 25.5 Å². The van der Waals surface area contributed by atoms with Crippen LogP contribution in [0.4, 0.5) is 4.39 Å². The molecule has 1 aromatic rings. The third kappa shape index (κ3) is 5.86. The van der Waals surface area contributed by atoms with Crippen molar-refractivity contribution in [2.24, 2.45) is 0 Å². The molecule has 4 nitrogen and oxygen atoms in total. The van der Waals surface area contributed by atoms with Crippen LogP contribution in [0.15, 0.2) is 18.2 Å². The van der Waals surface area contributed by atoms with Crippen LogP contribution in [0.1, 0.15) is 38.4 Å². The number of ether oxygens (including phenoxy) is 2. The molecule has 114 valence electrons. The monoisotopic (exact) mass is 286 g/mol. The first-order valence-corrected chi connectivity index (χ1v) is 6.90. The van der Waals surface area contributed by atoms with Crippen molar-refractivity contribution in [1.82, 2.24) is 0 Å². The minimum absolute atomic E-state index is 0.00466. The summed E-state index contributed by atoms with van der Waals surface area (Å²) >= 11 is 0. The second-order valence-corrected chi connectivity index (χ2v) is 4.75. The highest BCUT2D eigenvalue weighted by atomic mass is 19.1. The van der Waals surface area contributed by atoms with Crippen LogP contribution < -0.4 is 4.74 Å². The summed E-state index contributed by atoms with van der Waals surface area (Å²) in [6, 6.07) is 3.94. The third-order valence-electron chi connectivity index (χ3n) is 2.81. The van der Waals surface area contributed by atoms with Crippen LogP contribution in [0, 0.1) is 5.82 Å². The number of halogens is 1. The molecule has 0 amide bonds. The van der Waals surface area contributed by atoms with Gasteiger partial charge >= 0.3 is 0 Å². The van der Waals surface area contributed by atoms with Crippen molar-refractivity contribution in [1.29, 1.82) is 0 Å². The summed E-state index contributed by atoms with van der Waals surface area (Å²) < 4.78 is 23.8. The molecule has 0 fully saturated rings. The van der Waals surface area contributed by atoms with Crippen LogP contribution in [0.3, 0.4) is 0 Å². The van der Waals surface area contributed by atoms with Gasteiger partial charge in [-0.2, -0.15) is 0 Å². The van der Waals surface area contributed by atoms with Crippen LogP contribution in [-0.4, -0.2) is 36.1 Å². The first kappa shape index (κ1) is 16.9. The van der Waals surface area contributed by atoms with Gasteiger partial charge in [0.1, 0.15) is 24.3 Å². The van der Waals surface area contributed by atoms with E-state index in [1.807, 2.05) is 0 Å². The van der Waals surface area contributed by atoms with Crippen molar-refractivity contribution in [2.45, 2.75) is 38.9 Å². The van der Waals surface area contributed by atoms with Crippen LogP contribution in [0.2, 0.25) is 0 Å². The molecule has 2 unspecified atom stereocenters. The van der Waals surface area contributed by atoms with E-state index in [4.69, 9.17) is 9.47 Å². The minimum atomic E-state index is -0.781. The minimum Gasteiger partial charge on any atom is -0.490 e. The van der Waals surface area contributed by atoms with Gasteiger partial charge in [0.25, 0.3) is 0 Å². The Morgan fingerprint density at radius 3 is 2.65 bits per heavy atom. The third-order valence-corrected chi connectivity index (χ3v) is 2.81. The SMILES string of the molecule is CCCCOCC(O)COc1cc(F)ccc1C(C)O. The lowest BCUT2D eigenvalue weighted by Gasteiger charge is -2.16. The smallest absolute Gasteiger partial charge is 0.128 e. The highest BCUT2D eigenvalue weighted by Crippen LogP contribution is 2.26. The van der Waals surface area contributed by atoms with Crippen LogP contribution >= 0.6 is 0 Å². The number of unbranched alkanes of at least 4 members (excludes halogenated alkanes) is 1. The van der Waals surface area contributed by atoms with Crippen LogP contribution in [0.25, 0.3) is 0 Å². The van der Waals surface area contributed by atoms with Crippen molar-refractivity contribution in [3.63, 3.8) is 0 Å². The van der Waals surface area contributed by atoms with E-state index in [2.05, 4.69) is 6.92 Å². The second kappa shape index (κ2) is 8.89. The quantitative estimate of drug-likeness (QED) is 0.685. The first-order valence-electron chi connectivity index (χ1n) is 6.90. The molecular weight excluding hydrogens is 263 g/mol. The normalized spacial score (nSPS) is 14.1. The zero-order chi connectivity index (χ0) is 15.0. The molecule has 0 heterocycles. The number of benzene rings is 1. The molecule has 0 bridgehead atoms. The van der Waals surface area contributed by atoms with Gasteiger partial charge in [-0.25, -0.2) is 4.39 Å². The van der Waals surface area contributed by atoms with E-state index in [0.29, 0.717) is 12.2 Å². The topological polar surface area (TPSA) is 58.9 Å². The lowest BCUT2D eigenvalue weighted by atomic mass is 10.1. The number of hydrogen-bond acceptors (Lipinski definition) is 4. The molecule has 2 N–H and O–H groups in total. The lowest BCUT2D eigenvalue weighted by Crippen LogP contribution is -2.24. The largest absolute Gasteiger partial charge is 0.490 e. The van der Waals surface area contributed by atoms with E-state index < -0.39 is 18.0 Å². The maximum atomic E-state index is 13.2. The molecular formula is C15H23FO4. The summed E-state index contributed by atoms with van der Waals surface area (Å²) in [5.41, 5.74) is 0.491. The summed E-state index contributed by atoms with van der Waals surface area (Å²) in [5.74, 6) is -0.203. The highest BCUT2D eigenvalue weighted by molar-refractivity contribution is 5.35. The van der Waals surface area contributed by atoms with Crippen LogP contribution in [-0.2, 0) is 4.74 Å². The van der Waals surface area contributed by atoms with Crippen molar-refractivity contribution in [3.05, 3.63) is 29.6 Å². The fourth-order valence-corrected chi connectivity index (χ4v) is 1.68. The number of aliphatic hydroxyl groups is 2. The molecule has 0 saturated heterocycles. The summed E-state index contributed by atoms with van der Waals surface area (Å²) in [6.45, 7) is 4.41. The zero-order valence-corrected chi connectivity index (χ0v) is 12.0. The number of rotatable bonds is 9. The molecule has 1 aromatic carbocycles. The van der Waals surface area contributed by atoms with Crippen molar-refractivity contribution in [2.75, 3.05) is 19.8 Å². The average molecular weight is 286 g/mol. The van der Waals surface area contributed by atoms with Gasteiger partial charge in [0.05, 0.1) is 12.7 Å². The van der Waals surface area contributed by atoms with Crippen molar-refractivity contribution >= 4 is 0 Å². The summed E-state index contributed by atoms with van der Waals surface area (Å²) in [7, 11) is 0. The van der Waals surface area contributed by atoms with E-state index in [1.165, 1.54) is 18.2 Å². The first-order chi connectivity index (χ1) is 9.54. The summed E-state index contributed by atoms with van der Waals surface area (Å²) in [6.07, 6.45) is 0.442. The van der Waals surface area contributed by atoms with Gasteiger partial charge in [-0.15, -0.1) is 0 Å². The maximum Gasteiger partial charge on any atom is 0.128 e. The molecule has 0 spiro atoms. The van der Waals surface area contributed by atoms with E-state index in [-0.39, 0.29) is 19.0 Å². The fourth-order valence-electron chi connectivity index (χ4n) is 1.68. The Kier molecular flexibility index (Phi) is 7.51. The molecule has 0 saturated carbocycles. The summed E-state index contributed by atoms with van der Waals surface area (Å²) in [4.78, 5) is 0. The van der Waals surface area contributed by atoms with Gasteiger partial charge < -0.3 is 19.7 Å². The van der Waals surface area contributed by atoms with E-state index in [1.54, 1.807) is 6.92 Å². The fraction of sp³-hybridized carbons (Fsp3) is 0.600. The van der Waals surface area contributed by atoms with E-state index in [9.17, 15) is 14.6 Å². The van der Waals surface area contributed by atoms with Crippen molar-refractivity contribution < 1.29 is 24.1 Å². The standard InChI is InChI=1S/C15H23FO4/c1-3-4-7-19-9-13(18)10-20-15-8-12(16)5-6-14(15)11(2)17/h5-6,8,11,13,17-18H,3-4,7,9-10H2,1-2H3. The highest BCUT2D eigenvalue weighted by Gasteiger charge is 2.12. The van der Waals surface area contributed by atoms with Gasteiger partial charge in [0.2, 0.25) is 0 Å². The zero-order valence-electron chi connectivity index (χ0n) is 12.0. The Morgan fingerprint density at radius 2 is 2.00 bits per heavy atom. The second-order valence-electron chi connectivity index (χ2n) is 4.75. The Hall–Kier alpha value is -1.17. The Bertz CT molecular complexity index is 395. The van der Waals surface area contributed by atoms with Crippen molar-refractivity contribution in [3.8, 4) is 5.75 Å². The number of hydrogen-bond donors (Lipinski definition) is 2. The molecule has 20 heavy (non-hydrogen) atoms. The lowest BCUT2D eigenvalue weighted by molar-refractivity contribution is 0.0106. The molecule has 0 aliphatic carbocycles. The Balaban J connectivity index is 2.46. The maximum absolute atomic E-state index is 13.2. The summed E-state index contributed by atoms with van der Waals surface area (Å²) in [5, 5.41) is 19.3. The molecule has 0 aliphatic heterocycles. The molecule has 0 aliphatic rings. The van der Waals surface area contributed by atoms with Crippen LogP contribution in [0.5, 0.6) is 5.75 Å². The Labute approximate surface area is 119 Å². The molecule has 0 aromatic heterocycles. The molecule has 5 heteroatoms. The molecule has 0 radical (unpaired) electrons. The number of aliphatic hydroxyl groups excluding tert-OH is 2. The van der Waals surface area contributed by atoms with Gasteiger partial charge in [-0.1, -0.05) is 13.3 Å². The van der Waals surface area contributed by atoms with Gasteiger partial charge in [-0.3, -0.25) is 0 Å². The Morgan fingerprint density at radius 1 is 1.25 bits per heavy atom. The molecule has 2 atom stereocenters. The van der Waals surface area contributed by atoms with E-state index >= 15 is 0 Å². The van der Waals surface area contributed by atoms with E-state index in [0.717, 1.165) is 12.8 Å². The van der Waals surface area contributed by atoms with Gasteiger partial charge in [0, 0.05) is 18.2 Å². The molecule has 1 rings (SSSR count). The average Bonchev–Trinajstić information content (AvgIpc) is 2.41.